The number of aromatic nitrogens is 2. The number of hydrogen-bond donors (Lipinski definition) is 3. The lowest BCUT2D eigenvalue weighted by Crippen LogP contribution is -2.38. The van der Waals surface area contributed by atoms with E-state index in [9.17, 15) is 5.11 Å². The second kappa shape index (κ2) is 12.0. The Bertz CT molecular complexity index is 1980. The van der Waals surface area contributed by atoms with Gasteiger partial charge in [-0.25, -0.2) is 0 Å². The summed E-state index contributed by atoms with van der Waals surface area (Å²) in [4.78, 5) is 11.3. The van der Waals surface area contributed by atoms with E-state index in [2.05, 4.69) is 15.0 Å². The van der Waals surface area contributed by atoms with Crippen molar-refractivity contribution in [2.75, 3.05) is 20.3 Å². The van der Waals surface area contributed by atoms with Crippen molar-refractivity contribution < 1.29 is 24.1 Å². The first-order valence-corrected chi connectivity index (χ1v) is 14.5. The number of aliphatic hydroxyl groups excluding tert-OH is 1. The zero-order chi connectivity index (χ0) is 29.9. The fourth-order valence-corrected chi connectivity index (χ4v) is 5.55. The monoisotopic (exact) mass is 585 g/mol. The van der Waals surface area contributed by atoms with Crippen molar-refractivity contribution in [1.29, 1.82) is 0 Å². The first-order chi connectivity index (χ1) is 21.7. The molecule has 1 unspecified atom stereocenters. The van der Waals surface area contributed by atoms with Crippen LogP contribution in [0.5, 0.6) is 23.0 Å². The van der Waals surface area contributed by atoms with Crippen LogP contribution in [0.4, 0.5) is 0 Å². The number of aliphatic imine (C=N–C) groups is 1. The molecule has 0 bridgehead atoms. The highest BCUT2D eigenvalue weighted by atomic mass is 16.7. The summed E-state index contributed by atoms with van der Waals surface area (Å²) in [6, 6.07) is 35.2. The number of aromatic amines is 2. The molecular formula is C36H31N3O5. The summed E-state index contributed by atoms with van der Waals surface area (Å²) in [6.07, 6.45) is -0.851. The number of fused-ring (bicyclic) bond motifs is 6. The van der Waals surface area contributed by atoms with E-state index in [0.29, 0.717) is 36.1 Å². The molecule has 2 aromatic heterocycles. The van der Waals surface area contributed by atoms with Crippen molar-refractivity contribution in [3.05, 3.63) is 109 Å². The lowest BCUT2D eigenvalue weighted by molar-refractivity contribution is -0.0551. The van der Waals surface area contributed by atoms with Gasteiger partial charge in [-0.05, 0) is 48.5 Å². The van der Waals surface area contributed by atoms with Crippen molar-refractivity contribution >= 4 is 49.8 Å². The van der Waals surface area contributed by atoms with E-state index in [1.807, 2.05) is 109 Å². The molecule has 0 saturated heterocycles. The molecule has 5 aromatic carbocycles. The van der Waals surface area contributed by atoms with Crippen LogP contribution >= 0.6 is 0 Å². The van der Waals surface area contributed by atoms with Gasteiger partial charge in [-0.3, -0.25) is 4.99 Å². The zero-order valence-electron chi connectivity index (χ0n) is 24.1. The van der Waals surface area contributed by atoms with Gasteiger partial charge in [-0.2, -0.15) is 0 Å². The number of ether oxygens (including phenoxy) is 4. The van der Waals surface area contributed by atoms with Crippen LogP contribution < -0.4 is 18.9 Å². The van der Waals surface area contributed by atoms with Gasteiger partial charge in [0, 0.05) is 38.8 Å². The predicted octanol–water partition coefficient (Wildman–Crippen LogP) is 7.26. The minimum Gasteiger partial charge on any atom is -0.493 e. The maximum atomic E-state index is 11.4. The number of benzene rings is 5. The summed E-state index contributed by atoms with van der Waals surface area (Å²) in [6.45, 7) is 0.622. The second-order valence-electron chi connectivity index (χ2n) is 10.3. The lowest BCUT2D eigenvalue weighted by Gasteiger charge is -2.24. The number of aliphatic hydroxyl groups is 1. The average Bonchev–Trinajstić information content (AvgIpc) is 3.64. The highest BCUT2D eigenvalue weighted by Crippen LogP contribution is 2.36. The Hall–Kier alpha value is -5.47. The number of rotatable bonds is 11. The molecule has 0 aliphatic carbocycles. The van der Waals surface area contributed by atoms with Crippen LogP contribution in [-0.2, 0) is 0 Å². The fourth-order valence-electron chi connectivity index (χ4n) is 5.55. The molecule has 0 amide bonds. The standard InChI is InChI=1S/C36H31N3O5/c1-41-30-16-6-7-17-31(30)42-21-20-37-22-29(40)36(43-32-18-8-14-27-34(32)23-10-2-4-12-25(23)38-27)44-33-19-9-15-28-35(33)24-11-3-5-13-26(24)39-28/h2-19,22,29,36,38-40H,20-21H2,1H3. The van der Waals surface area contributed by atoms with Crippen molar-refractivity contribution in [2.45, 2.75) is 12.4 Å². The van der Waals surface area contributed by atoms with Crippen molar-refractivity contribution in [1.82, 2.24) is 9.97 Å². The van der Waals surface area contributed by atoms with Crippen LogP contribution in [0.2, 0.25) is 0 Å². The van der Waals surface area contributed by atoms with Crippen LogP contribution in [0, 0.1) is 0 Å². The molecule has 1 atom stereocenters. The van der Waals surface area contributed by atoms with E-state index in [-0.39, 0.29) is 0 Å². The van der Waals surface area contributed by atoms with Crippen LogP contribution in [0.15, 0.2) is 114 Å². The predicted molar refractivity (Wildman–Crippen MR) is 175 cm³/mol. The molecule has 0 saturated carbocycles. The molecule has 220 valence electrons. The number of para-hydroxylation sites is 4. The van der Waals surface area contributed by atoms with E-state index < -0.39 is 12.4 Å². The summed E-state index contributed by atoms with van der Waals surface area (Å²) in [7, 11) is 1.60. The topological polar surface area (TPSA) is 101 Å². The lowest BCUT2D eigenvalue weighted by atomic mass is 10.1. The molecule has 44 heavy (non-hydrogen) atoms. The molecule has 3 N–H and O–H groups in total. The molecule has 7 aromatic rings. The maximum absolute atomic E-state index is 11.4. The molecule has 7 rings (SSSR count). The Morgan fingerprint density at radius 2 is 1.14 bits per heavy atom. The van der Waals surface area contributed by atoms with Crippen LogP contribution in [0.25, 0.3) is 43.6 Å². The molecule has 0 radical (unpaired) electrons. The number of methoxy groups -OCH3 is 1. The SMILES string of the molecule is COc1ccccc1OCCN=CC(O)C(Oc1cccc2[nH]c3ccccc3c12)Oc1cccc2[nH]c3ccccc3c12. The molecular weight excluding hydrogens is 554 g/mol. The number of nitrogens with one attached hydrogen (secondary N) is 2. The number of H-pyrrole nitrogens is 2. The van der Waals surface area contributed by atoms with E-state index in [4.69, 9.17) is 18.9 Å². The van der Waals surface area contributed by atoms with Gasteiger partial charge in [-0.15, -0.1) is 0 Å². The Labute approximate surface area is 253 Å². The maximum Gasteiger partial charge on any atom is 0.271 e. The zero-order valence-corrected chi connectivity index (χ0v) is 24.1. The Morgan fingerprint density at radius 1 is 0.636 bits per heavy atom. The first-order valence-electron chi connectivity index (χ1n) is 14.5. The van der Waals surface area contributed by atoms with Crippen molar-refractivity contribution in [3.8, 4) is 23.0 Å². The van der Waals surface area contributed by atoms with Crippen LogP contribution in [-0.4, -0.2) is 53.9 Å². The Balaban J connectivity index is 1.19. The number of nitrogens with zero attached hydrogens (tertiary/aromatic N) is 1. The largest absolute Gasteiger partial charge is 0.493 e. The van der Waals surface area contributed by atoms with E-state index >= 15 is 0 Å². The summed E-state index contributed by atoms with van der Waals surface area (Å²) >= 11 is 0. The smallest absolute Gasteiger partial charge is 0.271 e. The molecule has 2 heterocycles. The second-order valence-corrected chi connectivity index (χ2v) is 10.3. The van der Waals surface area contributed by atoms with Gasteiger partial charge >= 0.3 is 0 Å². The van der Waals surface area contributed by atoms with E-state index in [0.717, 1.165) is 43.6 Å². The number of hydrogen-bond acceptors (Lipinski definition) is 6. The van der Waals surface area contributed by atoms with Gasteiger partial charge in [0.2, 0.25) is 0 Å². The van der Waals surface area contributed by atoms with Crippen LogP contribution in [0.1, 0.15) is 0 Å². The minimum atomic E-state index is -1.19. The molecule has 0 aliphatic rings. The van der Waals surface area contributed by atoms with Gasteiger partial charge in [0.15, 0.2) is 17.6 Å². The molecule has 8 heteroatoms. The average molecular weight is 586 g/mol. The summed E-state index contributed by atoms with van der Waals surface area (Å²) in [5.74, 6) is 2.45. The minimum absolute atomic E-state index is 0.305. The molecule has 8 nitrogen and oxygen atoms in total. The first kappa shape index (κ1) is 27.4. The van der Waals surface area contributed by atoms with E-state index in [1.54, 1.807) is 7.11 Å². The van der Waals surface area contributed by atoms with Gasteiger partial charge in [-0.1, -0.05) is 60.7 Å². The third kappa shape index (κ3) is 5.27. The third-order valence-corrected chi connectivity index (χ3v) is 7.55. The Morgan fingerprint density at radius 3 is 1.73 bits per heavy atom. The summed E-state index contributed by atoms with van der Waals surface area (Å²) in [5.41, 5.74) is 3.85. The molecule has 0 spiro atoms. The quantitative estimate of drug-likeness (QED) is 0.0843. The van der Waals surface area contributed by atoms with Crippen molar-refractivity contribution in [3.63, 3.8) is 0 Å². The van der Waals surface area contributed by atoms with Gasteiger partial charge in [0.05, 0.1) is 24.7 Å². The molecule has 0 aliphatic heterocycles. The van der Waals surface area contributed by atoms with Gasteiger partial charge < -0.3 is 34.0 Å². The van der Waals surface area contributed by atoms with Crippen LogP contribution in [0.3, 0.4) is 0 Å². The van der Waals surface area contributed by atoms with Gasteiger partial charge in [0.1, 0.15) is 18.1 Å². The highest BCUT2D eigenvalue weighted by molar-refractivity contribution is 6.11. The summed E-state index contributed by atoms with van der Waals surface area (Å²) < 4.78 is 24.2. The molecule has 0 fully saturated rings. The van der Waals surface area contributed by atoms with Crippen molar-refractivity contribution in [2.24, 2.45) is 4.99 Å². The Kier molecular flexibility index (Phi) is 7.48. The normalized spacial score (nSPS) is 12.5. The van der Waals surface area contributed by atoms with E-state index in [1.165, 1.54) is 6.21 Å². The summed E-state index contributed by atoms with van der Waals surface area (Å²) in [5, 5.41) is 15.3. The highest BCUT2D eigenvalue weighted by Gasteiger charge is 2.25. The van der Waals surface area contributed by atoms with Gasteiger partial charge in [0.25, 0.3) is 6.29 Å². The fraction of sp³-hybridized carbons (Fsp3) is 0.139. The third-order valence-electron chi connectivity index (χ3n) is 7.55.